The number of hydrogen-bond donors (Lipinski definition) is 3. The van der Waals surface area contributed by atoms with Crippen molar-refractivity contribution in [2.24, 2.45) is 5.92 Å². The summed E-state index contributed by atoms with van der Waals surface area (Å²) in [6.07, 6.45) is 8.04. The molecule has 0 aliphatic heterocycles. The fraction of sp³-hybridized carbons (Fsp3) is 0.636. The van der Waals surface area contributed by atoms with Crippen LogP contribution in [0.1, 0.15) is 57.9 Å². The van der Waals surface area contributed by atoms with Crippen LogP contribution in [0.5, 0.6) is 0 Å². The van der Waals surface area contributed by atoms with E-state index in [0.29, 0.717) is 19.0 Å². The van der Waals surface area contributed by atoms with E-state index in [1.807, 2.05) is 44.2 Å². The molecule has 1 aliphatic carbocycles. The van der Waals surface area contributed by atoms with Crippen molar-refractivity contribution in [3.05, 3.63) is 35.9 Å². The van der Waals surface area contributed by atoms with Crippen LogP contribution in [0.3, 0.4) is 0 Å². The predicted molar refractivity (Wildman–Crippen MR) is 117 cm³/mol. The Morgan fingerprint density at radius 2 is 1.64 bits per heavy atom. The van der Waals surface area contributed by atoms with Crippen molar-refractivity contribution < 1.29 is 9.59 Å². The number of hydrogen-bond acceptors (Lipinski definition) is 3. The second-order valence-corrected chi connectivity index (χ2v) is 7.89. The van der Waals surface area contributed by atoms with Gasteiger partial charge in [0.15, 0.2) is 0 Å². The zero-order valence-electron chi connectivity index (χ0n) is 17.2. The summed E-state index contributed by atoms with van der Waals surface area (Å²) in [6, 6.07) is 9.67. The fourth-order valence-corrected chi connectivity index (χ4v) is 3.60. The number of nitrogens with one attached hydrogen (secondary N) is 3. The summed E-state index contributed by atoms with van der Waals surface area (Å²) in [5.74, 6) is -0.180. The van der Waals surface area contributed by atoms with Crippen molar-refractivity contribution in [2.75, 3.05) is 13.1 Å². The molecule has 0 heterocycles. The third-order valence-corrected chi connectivity index (χ3v) is 5.19. The Hall–Kier alpha value is -1.59. The molecule has 0 radical (unpaired) electrons. The highest BCUT2D eigenvalue weighted by Gasteiger charge is 2.23. The summed E-state index contributed by atoms with van der Waals surface area (Å²) in [4.78, 5) is 24.8. The van der Waals surface area contributed by atoms with Crippen molar-refractivity contribution in [1.82, 2.24) is 16.0 Å². The standard InChI is InChI=1S/C22H35N3O2.ClH/c1-17(2)21(25-20(26)16-18-10-6-5-7-11-18)22(27)24-15-14-23-19-12-8-3-4-9-13-19;/h5-7,10-11,17,19,21,23H,3-4,8-9,12-16H2,1-2H3,(H,24,27)(H,25,26);1H. The molecule has 1 saturated carbocycles. The summed E-state index contributed by atoms with van der Waals surface area (Å²) in [7, 11) is 0. The first kappa shape index (κ1) is 24.4. The van der Waals surface area contributed by atoms with E-state index in [9.17, 15) is 9.59 Å². The molecule has 1 unspecified atom stereocenters. The Balaban J connectivity index is 0.00000392. The van der Waals surface area contributed by atoms with E-state index in [-0.39, 0.29) is 30.1 Å². The van der Waals surface area contributed by atoms with Crippen LogP contribution < -0.4 is 16.0 Å². The highest BCUT2D eigenvalue weighted by Crippen LogP contribution is 2.16. The molecule has 28 heavy (non-hydrogen) atoms. The zero-order valence-corrected chi connectivity index (χ0v) is 18.0. The van der Waals surface area contributed by atoms with Gasteiger partial charge < -0.3 is 16.0 Å². The number of amides is 2. The minimum Gasteiger partial charge on any atom is -0.353 e. The number of carbonyl (C=O) groups is 2. The molecule has 2 amide bonds. The van der Waals surface area contributed by atoms with Crippen LogP contribution in [0.15, 0.2) is 30.3 Å². The Morgan fingerprint density at radius 1 is 1.00 bits per heavy atom. The first-order valence-corrected chi connectivity index (χ1v) is 10.4. The molecule has 158 valence electrons. The minimum absolute atomic E-state index is 0. The lowest BCUT2D eigenvalue weighted by Crippen LogP contribution is -2.51. The lowest BCUT2D eigenvalue weighted by Gasteiger charge is -2.22. The second kappa shape index (κ2) is 13.6. The van der Waals surface area contributed by atoms with E-state index in [2.05, 4.69) is 16.0 Å². The molecule has 0 spiro atoms. The van der Waals surface area contributed by atoms with Gasteiger partial charge >= 0.3 is 0 Å². The molecule has 1 aromatic rings. The third-order valence-electron chi connectivity index (χ3n) is 5.19. The van der Waals surface area contributed by atoms with Crippen molar-refractivity contribution >= 4 is 24.2 Å². The first-order valence-electron chi connectivity index (χ1n) is 10.4. The van der Waals surface area contributed by atoms with Crippen LogP contribution in [-0.4, -0.2) is 37.0 Å². The van der Waals surface area contributed by atoms with Crippen LogP contribution in [0, 0.1) is 5.92 Å². The van der Waals surface area contributed by atoms with Gasteiger partial charge in [-0.15, -0.1) is 12.4 Å². The maximum absolute atomic E-state index is 12.5. The van der Waals surface area contributed by atoms with Gasteiger partial charge in [0.2, 0.25) is 11.8 Å². The monoisotopic (exact) mass is 409 g/mol. The van der Waals surface area contributed by atoms with Crippen LogP contribution in [0.25, 0.3) is 0 Å². The molecule has 5 nitrogen and oxygen atoms in total. The molecule has 0 bridgehead atoms. The summed E-state index contributed by atoms with van der Waals surface area (Å²) >= 11 is 0. The topological polar surface area (TPSA) is 70.2 Å². The van der Waals surface area contributed by atoms with Gasteiger partial charge in [-0.1, -0.05) is 69.9 Å². The quantitative estimate of drug-likeness (QED) is 0.433. The number of halogens is 1. The lowest BCUT2D eigenvalue weighted by molar-refractivity contribution is -0.129. The van der Waals surface area contributed by atoms with Crippen LogP contribution in [0.4, 0.5) is 0 Å². The van der Waals surface area contributed by atoms with Gasteiger partial charge in [0.1, 0.15) is 6.04 Å². The summed E-state index contributed by atoms with van der Waals surface area (Å²) in [5.41, 5.74) is 0.950. The smallest absolute Gasteiger partial charge is 0.242 e. The van der Waals surface area contributed by atoms with E-state index < -0.39 is 6.04 Å². The maximum atomic E-state index is 12.5. The summed E-state index contributed by atoms with van der Waals surface area (Å²) < 4.78 is 0. The van der Waals surface area contributed by atoms with Crippen molar-refractivity contribution in [3.8, 4) is 0 Å². The number of benzene rings is 1. The number of carbonyl (C=O) groups excluding carboxylic acids is 2. The van der Waals surface area contributed by atoms with Crippen LogP contribution in [-0.2, 0) is 16.0 Å². The second-order valence-electron chi connectivity index (χ2n) is 7.89. The van der Waals surface area contributed by atoms with E-state index in [1.54, 1.807) is 0 Å². The average Bonchev–Trinajstić information content (AvgIpc) is 2.92. The van der Waals surface area contributed by atoms with Gasteiger partial charge in [-0.05, 0) is 24.3 Å². The van der Waals surface area contributed by atoms with Crippen LogP contribution in [0.2, 0.25) is 0 Å². The molecule has 1 fully saturated rings. The molecular formula is C22H36ClN3O2. The molecule has 1 aromatic carbocycles. The zero-order chi connectivity index (χ0) is 19.5. The van der Waals surface area contributed by atoms with Crippen molar-refractivity contribution in [2.45, 2.75) is 70.9 Å². The van der Waals surface area contributed by atoms with Gasteiger partial charge in [0, 0.05) is 19.1 Å². The van der Waals surface area contributed by atoms with E-state index in [0.717, 1.165) is 12.1 Å². The lowest BCUT2D eigenvalue weighted by atomic mass is 10.0. The van der Waals surface area contributed by atoms with Gasteiger partial charge in [-0.25, -0.2) is 0 Å². The Morgan fingerprint density at radius 3 is 2.25 bits per heavy atom. The maximum Gasteiger partial charge on any atom is 0.242 e. The molecule has 6 heteroatoms. The normalized spacial score (nSPS) is 16.0. The predicted octanol–water partition coefficient (Wildman–Crippen LogP) is 3.22. The van der Waals surface area contributed by atoms with Gasteiger partial charge in [0.25, 0.3) is 0 Å². The largest absolute Gasteiger partial charge is 0.353 e. The Bertz CT molecular complexity index is 572. The Kier molecular flexibility index (Phi) is 11.8. The van der Waals surface area contributed by atoms with Gasteiger partial charge in [-0.2, -0.15) is 0 Å². The molecule has 0 saturated heterocycles. The summed E-state index contributed by atoms with van der Waals surface area (Å²) in [5, 5.41) is 9.42. The third kappa shape index (κ3) is 9.07. The Labute approximate surface area is 175 Å². The summed E-state index contributed by atoms with van der Waals surface area (Å²) in [6.45, 7) is 5.28. The SMILES string of the molecule is CC(C)C(NC(=O)Cc1ccccc1)C(=O)NCCNC1CCCCCC1.Cl. The molecule has 2 rings (SSSR count). The molecule has 0 aromatic heterocycles. The highest BCUT2D eigenvalue weighted by molar-refractivity contribution is 5.88. The molecule has 3 N–H and O–H groups in total. The fourth-order valence-electron chi connectivity index (χ4n) is 3.60. The number of rotatable bonds is 9. The molecular weight excluding hydrogens is 374 g/mol. The van der Waals surface area contributed by atoms with Gasteiger partial charge in [-0.3, -0.25) is 9.59 Å². The van der Waals surface area contributed by atoms with Gasteiger partial charge in [0.05, 0.1) is 6.42 Å². The average molecular weight is 410 g/mol. The van der Waals surface area contributed by atoms with E-state index in [1.165, 1.54) is 38.5 Å². The molecule has 1 aliphatic rings. The van der Waals surface area contributed by atoms with Crippen LogP contribution >= 0.6 is 12.4 Å². The molecule has 1 atom stereocenters. The van der Waals surface area contributed by atoms with Crippen molar-refractivity contribution in [3.63, 3.8) is 0 Å². The van der Waals surface area contributed by atoms with E-state index >= 15 is 0 Å². The minimum atomic E-state index is -0.501. The first-order chi connectivity index (χ1) is 13.1. The van der Waals surface area contributed by atoms with Crippen molar-refractivity contribution in [1.29, 1.82) is 0 Å². The highest BCUT2D eigenvalue weighted by atomic mass is 35.5. The van der Waals surface area contributed by atoms with E-state index in [4.69, 9.17) is 0 Å².